The van der Waals surface area contributed by atoms with Crippen molar-refractivity contribution < 1.29 is 9.53 Å². The van der Waals surface area contributed by atoms with Crippen LogP contribution in [0.4, 0.5) is 5.69 Å². The summed E-state index contributed by atoms with van der Waals surface area (Å²) in [4.78, 5) is 23.8. The van der Waals surface area contributed by atoms with Crippen LogP contribution in [0.2, 0.25) is 0 Å². The minimum Gasteiger partial charge on any atom is -0.465 e. The molecular formula is C15H16N2O3. The number of rotatable bonds is 3. The number of nitrogens with two attached hydrogens (primary N) is 1. The molecule has 0 fully saturated rings. The van der Waals surface area contributed by atoms with Crippen LogP contribution < -0.4 is 11.3 Å². The van der Waals surface area contributed by atoms with Gasteiger partial charge < -0.3 is 15.0 Å². The highest BCUT2D eigenvalue weighted by Gasteiger charge is 2.15. The molecule has 20 heavy (non-hydrogen) atoms. The first-order valence-corrected chi connectivity index (χ1v) is 6.16. The number of ether oxygens (including phenoxy) is 1. The van der Waals surface area contributed by atoms with E-state index in [9.17, 15) is 9.59 Å². The van der Waals surface area contributed by atoms with Gasteiger partial charge in [-0.15, -0.1) is 0 Å². The zero-order chi connectivity index (χ0) is 14.7. The number of nitrogen functional groups attached to an aromatic ring is 1. The fourth-order valence-electron chi connectivity index (χ4n) is 2.07. The van der Waals surface area contributed by atoms with E-state index in [4.69, 9.17) is 10.5 Å². The minimum absolute atomic E-state index is 0.0919. The summed E-state index contributed by atoms with van der Waals surface area (Å²) in [5.41, 5.74) is 7.70. The Balaban J connectivity index is 2.49. The van der Waals surface area contributed by atoms with Crippen molar-refractivity contribution in [1.82, 2.24) is 4.57 Å². The molecule has 2 N–H and O–H groups in total. The van der Waals surface area contributed by atoms with Crippen LogP contribution >= 0.6 is 0 Å². The number of benzene rings is 1. The summed E-state index contributed by atoms with van der Waals surface area (Å²) in [6.45, 7) is 2.02. The van der Waals surface area contributed by atoms with Crippen LogP contribution in [-0.4, -0.2) is 17.6 Å². The lowest BCUT2D eigenvalue weighted by atomic mass is 10.1. The van der Waals surface area contributed by atoms with Crippen LogP contribution in [0.15, 0.2) is 41.3 Å². The van der Waals surface area contributed by atoms with Gasteiger partial charge in [-0.2, -0.15) is 0 Å². The summed E-state index contributed by atoms with van der Waals surface area (Å²) in [6.07, 6.45) is 1.68. The number of aryl methyl sites for hydroxylation is 1. The lowest BCUT2D eigenvalue weighted by molar-refractivity contribution is 0.0600. The molecule has 0 aliphatic heterocycles. The van der Waals surface area contributed by atoms with Crippen LogP contribution in [-0.2, 0) is 11.3 Å². The molecule has 0 aliphatic rings. The van der Waals surface area contributed by atoms with Crippen molar-refractivity contribution in [2.24, 2.45) is 0 Å². The summed E-state index contributed by atoms with van der Waals surface area (Å²) in [7, 11) is 1.30. The molecule has 2 aromatic rings. The Morgan fingerprint density at radius 2 is 2.05 bits per heavy atom. The quantitative estimate of drug-likeness (QED) is 0.680. The maximum absolute atomic E-state index is 12.0. The second-order valence-corrected chi connectivity index (χ2v) is 4.50. The number of carbonyl (C=O) groups is 1. The molecule has 1 heterocycles. The van der Waals surface area contributed by atoms with Gasteiger partial charge in [-0.25, -0.2) is 4.79 Å². The van der Waals surface area contributed by atoms with Gasteiger partial charge in [0.05, 0.1) is 19.2 Å². The third-order valence-corrected chi connectivity index (χ3v) is 3.12. The second kappa shape index (κ2) is 5.61. The summed E-state index contributed by atoms with van der Waals surface area (Å²) >= 11 is 0. The Kier molecular flexibility index (Phi) is 3.89. The van der Waals surface area contributed by atoms with Gasteiger partial charge in [-0.1, -0.05) is 18.2 Å². The van der Waals surface area contributed by atoms with Crippen LogP contribution in [0.5, 0.6) is 0 Å². The highest BCUT2D eigenvalue weighted by atomic mass is 16.5. The third-order valence-electron chi connectivity index (χ3n) is 3.12. The lowest BCUT2D eigenvalue weighted by Gasteiger charge is -2.12. The van der Waals surface area contributed by atoms with Crippen LogP contribution in [0, 0.1) is 6.92 Å². The Bertz CT molecular complexity index is 705. The topological polar surface area (TPSA) is 74.3 Å². The zero-order valence-electron chi connectivity index (χ0n) is 11.4. The number of pyridine rings is 1. The molecule has 1 aromatic carbocycles. The van der Waals surface area contributed by atoms with Gasteiger partial charge in [0, 0.05) is 17.4 Å². The van der Waals surface area contributed by atoms with E-state index in [-0.39, 0.29) is 12.1 Å². The molecule has 5 nitrogen and oxygen atoms in total. The van der Waals surface area contributed by atoms with Crippen LogP contribution in [0.3, 0.4) is 0 Å². The smallest absolute Gasteiger partial charge is 0.340 e. The first kappa shape index (κ1) is 13.9. The van der Waals surface area contributed by atoms with Gasteiger partial charge in [-0.3, -0.25) is 4.79 Å². The van der Waals surface area contributed by atoms with E-state index in [2.05, 4.69) is 0 Å². The maximum atomic E-state index is 12.0. The van der Waals surface area contributed by atoms with E-state index in [1.807, 2.05) is 0 Å². The van der Waals surface area contributed by atoms with E-state index in [0.717, 1.165) is 0 Å². The average Bonchev–Trinajstić information content (AvgIpc) is 2.43. The predicted molar refractivity (Wildman–Crippen MR) is 76.7 cm³/mol. The van der Waals surface area contributed by atoms with Crippen molar-refractivity contribution in [3.05, 3.63) is 63.6 Å². The number of anilines is 1. The average molecular weight is 272 g/mol. The largest absolute Gasteiger partial charge is 0.465 e. The molecule has 0 amide bonds. The van der Waals surface area contributed by atoms with Gasteiger partial charge in [0.1, 0.15) is 0 Å². The number of hydrogen-bond donors (Lipinski definition) is 1. The Morgan fingerprint density at radius 3 is 2.75 bits per heavy atom. The van der Waals surface area contributed by atoms with Gasteiger partial charge in [-0.05, 0) is 24.6 Å². The first-order chi connectivity index (χ1) is 9.54. The van der Waals surface area contributed by atoms with E-state index >= 15 is 0 Å². The molecule has 5 heteroatoms. The lowest BCUT2D eigenvalue weighted by Crippen LogP contribution is -2.23. The Labute approximate surface area is 116 Å². The molecule has 0 saturated carbocycles. The SMILES string of the molecule is COC(=O)c1c(N)cccc1Cn1cccc(C)c1=O. The van der Waals surface area contributed by atoms with E-state index in [1.165, 1.54) is 11.7 Å². The molecule has 2 rings (SSSR count). The standard InChI is InChI=1S/C15H16N2O3/c1-10-5-4-8-17(14(10)18)9-11-6-3-7-12(16)13(11)15(19)20-2/h3-8H,9,16H2,1-2H3. The number of aromatic nitrogens is 1. The van der Waals surface area contributed by atoms with Crippen LogP contribution in [0.1, 0.15) is 21.5 Å². The summed E-state index contributed by atoms with van der Waals surface area (Å²) in [5.74, 6) is -0.501. The van der Waals surface area contributed by atoms with Gasteiger partial charge in [0.25, 0.3) is 5.56 Å². The maximum Gasteiger partial charge on any atom is 0.340 e. The normalized spacial score (nSPS) is 10.3. The molecule has 1 aromatic heterocycles. The fourth-order valence-corrected chi connectivity index (χ4v) is 2.07. The predicted octanol–water partition coefficient (Wildman–Crippen LogP) is 1.57. The summed E-state index contributed by atoms with van der Waals surface area (Å²) < 4.78 is 6.28. The molecule has 0 spiro atoms. The van der Waals surface area contributed by atoms with Gasteiger partial charge >= 0.3 is 5.97 Å². The van der Waals surface area contributed by atoms with E-state index < -0.39 is 5.97 Å². The number of nitrogens with zero attached hydrogens (tertiary/aromatic N) is 1. The molecule has 0 radical (unpaired) electrons. The minimum atomic E-state index is -0.501. The highest BCUT2D eigenvalue weighted by Crippen LogP contribution is 2.19. The van der Waals surface area contributed by atoms with Crippen molar-refractivity contribution in [2.45, 2.75) is 13.5 Å². The molecule has 0 unspecified atom stereocenters. The monoisotopic (exact) mass is 272 g/mol. The molecule has 0 atom stereocenters. The number of hydrogen-bond acceptors (Lipinski definition) is 4. The van der Waals surface area contributed by atoms with E-state index in [0.29, 0.717) is 22.4 Å². The van der Waals surface area contributed by atoms with Crippen LogP contribution in [0.25, 0.3) is 0 Å². The molecular weight excluding hydrogens is 256 g/mol. The van der Waals surface area contributed by atoms with Gasteiger partial charge in [0.15, 0.2) is 0 Å². The third kappa shape index (κ3) is 2.56. The number of methoxy groups -OCH3 is 1. The summed E-state index contributed by atoms with van der Waals surface area (Å²) in [6, 6.07) is 8.68. The number of carbonyl (C=O) groups excluding carboxylic acids is 1. The summed E-state index contributed by atoms with van der Waals surface area (Å²) in [5, 5.41) is 0. The molecule has 0 saturated heterocycles. The number of esters is 1. The highest BCUT2D eigenvalue weighted by molar-refractivity contribution is 5.96. The Morgan fingerprint density at radius 1 is 1.30 bits per heavy atom. The molecule has 0 bridgehead atoms. The van der Waals surface area contributed by atoms with Crippen molar-refractivity contribution in [1.29, 1.82) is 0 Å². The molecule has 104 valence electrons. The van der Waals surface area contributed by atoms with Gasteiger partial charge in [0.2, 0.25) is 0 Å². The second-order valence-electron chi connectivity index (χ2n) is 4.50. The molecule has 0 aliphatic carbocycles. The van der Waals surface area contributed by atoms with E-state index in [1.54, 1.807) is 43.5 Å². The van der Waals surface area contributed by atoms with Crippen molar-refractivity contribution in [3.63, 3.8) is 0 Å². The van der Waals surface area contributed by atoms with Crippen molar-refractivity contribution in [3.8, 4) is 0 Å². The zero-order valence-corrected chi connectivity index (χ0v) is 11.4. The van der Waals surface area contributed by atoms with Crippen molar-refractivity contribution in [2.75, 3.05) is 12.8 Å². The first-order valence-electron chi connectivity index (χ1n) is 6.16. The fraction of sp³-hybridized carbons (Fsp3) is 0.200. The van der Waals surface area contributed by atoms with Crippen molar-refractivity contribution >= 4 is 11.7 Å². The Hall–Kier alpha value is -2.56.